The van der Waals surface area contributed by atoms with Gasteiger partial charge >= 0.3 is 0 Å². The van der Waals surface area contributed by atoms with Crippen molar-refractivity contribution < 1.29 is 13.2 Å². The Morgan fingerprint density at radius 3 is 2.43 bits per heavy atom. The van der Waals surface area contributed by atoms with E-state index in [-0.39, 0.29) is 0 Å². The zero-order valence-electron chi connectivity index (χ0n) is 7.60. The first kappa shape index (κ1) is 11.0. The van der Waals surface area contributed by atoms with Crippen LogP contribution in [0.1, 0.15) is 17.2 Å². The van der Waals surface area contributed by atoms with Gasteiger partial charge in [0.25, 0.3) is 6.43 Å². The molecule has 2 nitrogen and oxygen atoms in total. The van der Waals surface area contributed by atoms with Gasteiger partial charge in [0.2, 0.25) is 0 Å². The second-order valence-corrected chi connectivity index (χ2v) is 2.98. The number of hydrogen-bond donors (Lipinski definition) is 2. The van der Waals surface area contributed by atoms with Gasteiger partial charge in [-0.3, -0.25) is 5.84 Å². The lowest BCUT2D eigenvalue weighted by Gasteiger charge is -2.17. The third kappa shape index (κ3) is 2.24. The van der Waals surface area contributed by atoms with Crippen molar-refractivity contribution in [3.05, 3.63) is 35.1 Å². The summed E-state index contributed by atoms with van der Waals surface area (Å²) in [5.74, 6) is 4.54. The van der Waals surface area contributed by atoms with Crippen LogP contribution in [-0.4, -0.2) is 6.43 Å². The molecule has 5 heteroatoms. The van der Waals surface area contributed by atoms with Gasteiger partial charge < -0.3 is 0 Å². The number of benzene rings is 1. The maximum Gasteiger partial charge on any atom is 0.259 e. The predicted molar refractivity (Wildman–Crippen MR) is 47.2 cm³/mol. The van der Waals surface area contributed by atoms with Crippen molar-refractivity contribution in [3.8, 4) is 0 Å². The topological polar surface area (TPSA) is 38.0 Å². The molecule has 1 aromatic carbocycles. The fourth-order valence-electron chi connectivity index (χ4n) is 1.29. The minimum Gasteiger partial charge on any atom is -0.271 e. The van der Waals surface area contributed by atoms with E-state index in [9.17, 15) is 13.2 Å². The van der Waals surface area contributed by atoms with E-state index in [0.717, 1.165) is 6.07 Å². The molecule has 1 atom stereocenters. The first-order valence-electron chi connectivity index (χ1n) is 4.06. The molecule has 3 N–H and O–H groups in total. The van der Waals surface area contributed by atoms with Crippen molar-refractivity contribution in [2.24, 2.45) is 5.84 Å². The van der Waals surface area contributed by atoms with E-state index in [1.165, 1.54) is 12.1 Å². The van der Waals surface area contributed by atoms with Crippen LogP contribution < -0.4 is 11.3 Å². The quantitative estimate of drug-likeness (QED) is 0.583. The third-order valence-corrected chi connectivity index (χ3v) is 2.00. The lowest BCUT2D eigenvalue weighted by atomic mass is 10.0. The van der Waals surface area contributed by atoms with Crippen molar-refractivity contribution in [1.29, 1.82) is 0 Å². The van der Waals surface area contributed by atoms with E-state index in [4.69, 9.17) is 5.84 Å². The molecule has 0 radical (unpaired) electrons. The van der Waals surface area contributed by atoms with Gasteiger partial charge in [-0.05, 0) is 30.2 Å². The first-order valence-corrected chi connectivity index (χ1v) is 4.06. The second-order valence-electron chi connectivity index (χ2n) is 2.98. The Bertz CT molecular complexity index is 315. The fraction of sp³-hybridized carbons (Fsp3) is 0.333. The van der Waals surface area contributed by atoms with Crippen LogP contribution in [-0.2, 0) is 0 Å². The standard InChI is InChI=1S/C9H11F3N2/c1-5-4-6(10)2-3-7(5)8(14-13)9(11)12/h2-4,8-9,14H,13H2,1H3. The van der Waals surface area contributed by atoms with Gasteiger partial charge in [0, 0.05) is 0 Å². The summed E-state index contributed by atoms with van der Waals surface area (Å²) in [7, 11) is 0. The molecule has 14 heavy (non-hydrogen) atoms. The molecule has 1 unspecified atom stereocenters. The number of hydrazine groups is 1. The van der Waals surface area contributed by atoms with E-state index < -0.39 is 18.3 Å². The summed E-state index contributed by atoms with van der Waals surface area (Å²) in [5, 5.41) is 0. The summed E-state index contributed by atoms with van der Waals surface area (Å²) < 4.78 is 37.5. The van der Waals surface area contributed by atoms with Crippen LogP contribution in [0.3, 0.4) is 0 Å². The summed E-state index contributed by atoms with van der Waals surface area (Å²) in [6, 6.07) is 2.38. The van der Waals surface area contributed by atoms with E-state index in [1.807, 2.05) is 5.43 Å². The second kappa shape index (κ2) is 4.43. The summed E-state index contributed by atoms with van der Waals surface area (Å²) in [5.41, 5.74) is 2.77. The maximum atomic E-state index is 12.7. The zero-order valence-corrected chi connectivity index (χ0v) is 7.60. The molecule has 0 aliphatic rings. The summed E-state index contributed by atoms with van der Waals surface area (Å²) >= 11 is 0. The van der Waals surface area contributed by atoms with Crippen LogP contribution in [0.25, 0.3) is 0 Å². The number of alkyl halides is 2. The van der Waals surface area contributed by atoms with Gasteiger partial charge in [0.1, 0.15) is 11.9 Å². The average molecular weight is 204 g/mol. The number of hydrogen-bond acceptors (Lipinski definition) is 2. The first-order chi connectivity index (χ1) is 6.56. The third-order valence-electron chi connectivity index (χ3n) is 2.00. The Hall–Kier alpha value is -1.07. The Morgan fingerprint density at radius 1 is 1.36 bits per heavy atom. The Morgan fingerprint density at radius 2 is 2.00 bits per heavy atom. The summed E-state index contributed by atoms with van der Waals surface area (Å²) in [4.78, 5) is 0. The molecule has 0 bridgehead atoms. The number of nitrogens with one attached hydrogen (secondary N) is 1. The van der Waals surface area contributed by atoms with Crippen molar-refractivity contribution >= 4 is 0 Å². The van der Waals surface area contributed by atoms with Crippen LogP contribution in [0.4, 0.5) is 13.2 Å². The van der Waals surface area contributed by atoms with Crippen LogP contribution >= 0.6 is 0 Å². The molecule has 0 saturated heterocycles. The largest absolute Gasteiger partial charge is 0.271 e. The molecule has 0 spiro atoms. The highest BCUT2D eigenvalue weighted by atomic mass is 19.3. The smallest absolute Gasteiger partial charge is 0.259 e. The minimum atomic E-state index is -2.62. The molecule has 0 aliphatic heterocycles. The zero-order chi connectivity index (χ0) is 10.7. The molecule has 78 valence electrons. The highest BCUT2D eigenvalue weighted by molar-refractivity contribution is 5.29. The van der Waals surface area contributed by atoms with Crippen molar-refractivity contribution in [3.63, 3.8) is 0 Å². The predicted octanol–water partition coefficient (Wildman–Crippen LogP) is 1.90. The van der Waals surface area contributed by atoms with Crippen molar-refractivity contribution in [1.82, 2.24) is 5.43 Å². The maximum absolute atomic E-state index is 12.7. The van der Waals surface area contributed by atoms with E-state index in [2.05, 4.69) is 0 Å². The van der Waals surface area contributed by atoms with Gasteiger partial charge in [0.15, 0.2) is 0 Å². The molecule has 1 aromatic rings. The summed E-state index contributed by atoms with van der Waals surface area (Å²) in [6.07, 6.45) is -2.62. The Balaban J connectivity index is 3.04. The lowest BCUT2D eigenvalue weighted by molar-refractivity contribution is 0.0983. The average Bonchev–Trinajstić information content (AvgIpc) is 2.09. The van der Waals surface area contributed by atoms with Crippen LogP contribution in [0.2, 0.25) is 0 Å². The number of halogens is 3. The number of nitrogens with two attached hydrogens (primary N) is 1. The van der Waals surface area contributed by atoms with Gasteiger partial charge in [-0.15, -0.1) is 0 Å². The van der Waals surface area contributed by atoms with E-state index in [1.54, 1.807) is 6.92 Å². The van der Waals surface area contributed by atoms with Gasteiger partial charge in [-0.25, -0.2) is 18.6 Å². The molecule has 0 aromatic heterocycles. The van der Waals surface area contributed by atoms with Crippen LogP contribution in [0.5, 0.6) is 0 Å². The lowest BCUT2D eigenvalue weighted by Crippen LogP contribution is -2.33. The molecule has 0 heterocycles. The molecule has 0 saturated carbocycles. The van der Waals surface area contributed by atoms with Gasteiger partial charge in [-0.1, -0.05) is 6.07 Å². The fourth-order valence-corrected chi connectivity index (χ4v) is 1.29. The molecule has 1 rings (SSSR count). The highest BCUT2D eigenvalue weighted by Gasteiger charge is 2.22. The van der Waals surface area contributed by atoms with E-state index >= 15 is 0 Å². The van der Waals surface area contributed by atoms with Gasteiger partial charge in [0.05, 0.1) is 0 Å². The normalized spacial score (nSPS) is 13.3. The molecule has 0 aliphatic carbocycles. The van der Waals surface area contributed by atoms with Crippen LogP contribution in [0, 0.1) is 12.7 Å². The monoisotopic (exact) mass is 204 g/mol. The molecule has 0 fully saturated rings. The molecule has 0 amide bonds. The summed E-state index contributed by atoms with van der Waals surface area (Å²) in [6.45, 7) is 1.56. The van der Waals surface area contributed by atoms with Crippen molar-refractivity contribution in [2.45, 2.75) is 19.4 Å². The van der Waals surface area contributed by atoms with Crippen molar-refractivity contribution in [2.75, 3.05) is 0 Å². The highest BCUT2D eigenvalue weighted by Crippen LogP contribution is 2.23. The Labute approximate surface area is 79.9 Å². The van der Waals surface area contributed by atoms with E-state index in [0.29, 0.717) is 11.1 Å². The minimum absolute atomic E-state index is 0.309. The van der Waals surface area contributed by atoms with Crippen LogP contribution in [0.15, 0.2) is 18.2 Å². The van der Waals surface area contributed by atoms with Gasteiger partial charge in [-0.2, -0.15) is 0 Å². The number of aryl methyl sites for hydroxylation is 1. The molecular weight excluding hydrogens is 193 g/mol. The SMILES string of the molecule is Cc1cc(F)ccc1C(NN)C(F)F. The molecular formula is C9H11F3N2. The number of rotatable bonds is 3. The Kier molecular flexibility index (Phi) is 3.49.